The molecule has 0 unspecified atom stereocenters. The Labute approximate surface area is 58.1 Å². The predicted octanol–water partition coefficient (Wildman–Crippen LogP) is 3.15. The first kappa shape index (κ1) is 8.35. The van der Waals surface area contributed by atoms with Crippen molar-refractivity contribution in [2.45, 2.75) is 44.8 Å². The quantitative estimate of drug-likeness (QED) is 0.552. The fourth-order valence-corrected chi connectivity index (χ4v) is 0.747. The molecule has 0 N–H and O–H groups in total. The summed E-state index contributed by atoms with van der Waals surface area (Å²) in [5, 5.41) is 0. The van der Waals surface area contributed by atoms with Crippen LogP contribution in [0.1, 0.15) is 40.0 Å². The zero-order valence-corrected chi connectivity index (χ0v) is 6.85. The summed E-state index contributed by atoms with van der Waals surface area (Å²) in [4.78, 5) is 0. The van der Waals surface area contributed by atoms with Crippen molar-refractivity contribution in [1.82, 2.24) is 0 Å². The van der Waals surface area contributed by atoms with Crippen molar-refractivity contribution in [2.24, 2.45) is 0 Å². The lowest BCUT2D eigenvalue weighted by molar-refractivity contribution is 0.598. The second-order valence-corrected chi connectivity index (χ2v) is 3.97. The molecule has 0 spiro atoms. The van der Waals surface area contributed by atoms with Crippen molar-refractivity contribution < 1.29 is 0 Å². The molecule has 0 aromatic carbocycles. The highest BCUT2D eigenvalue weighted by Crippen LogP contribution is 2.19. The van der Waals surface area contributed by atoms with Gasteiger partial charge in [-0.2, -0.15) is 0 Å². The van der Waals surface area contributed by atoms with E-state index in [0.717, 1.165) is 0 Å². The summed E-state index contributed by atoms with van der Waals surface area (Å²) in [5.41, 5.74) is 0. The van der Waals surface area contributed by atoms with Gasteiger partial charge in [0, 0.05) is 4.75 Å². The van der Waals surface area contributed by atoms with Crippen LogP contribution in [-0.4, -0.2) is 4.75 Å². The van der Waals surface area contributed by atoms with Crippen molar-refractivity contribution >= 4 is 12.6 Å². The average Bonchev–Trinajstić information content (AvgIpc) is 1.59. The van der Waals surface area contributed by atoms with E-state index in [0.29, 0.717) is 0 Å². The van der Waals surface area contributed by atoms with E-state index in [-0.39, 0.29) is 4.75 Å². The molecule has 0 bridgehead atoms. The minimum atomic E-state index is 0.135. The van der Waals surface area contributed by atoms with Crippen LogP contribution in [0.2, 0.25) is 0 Å². The second kappa shape index (κ2) is 3.39. The molecule has 0 nitrogen and oxygen atoms in total. The standard InChI is InChI=1S/C7H15S/c1-4-5-6-7(2,3)8/h4-6H2,1-3H3. The Morgan fingerprint density at radius 2 is 1.88 bits per heavy atom. The highest BCUT2D eigenvalue weighted by molar-refractivity contribution is 7.81. The summed E-state index contributed by atoms with van der Waals surface area (Å²) >= 11 is 5.15. The molecule has 0 amide bonds. The average molecular weight is 131 g/mol. The van der Waals surface area contributed by atoms with Crippen LogP contribution in [-0.2, 0) is 0 Å². The van der Waals surface area contributed by atoms with E-state index in [1.807, 2.05) is 0 Å². The van der Waals surface area contributed by atoms with Crippen molar-refractivity contribution in [3.63, 3.8) is 0 Å². The van der Waals surface area contributed by atoms with Gasteiger partial charge in [-0.25, -0.2) is 0 Å². The summed E-state index contributed by atoms with van der Waals surface area (Å²) in [6.45, 7) is 6.41. The monoisotopic (exact) mass is 131 g/mol. The lowest BCUT2D eigenvalue weighted by Crippen LogP contribution is -2.08. The third-order valence-electron chi connectivity index (χ3n) is 1.13. The normalized spacial score (nSPS) is 12.0. The molecule has 0 fully saturated rings. The van der Waals surface area contributed by atoms with E-state index in [2.05, 4.69) is 20.8 Å². The van der Waals surface area contributed by atoms with E-state index in [9.17, 15) is 0 Å². The van der Waals surface area contributed by atoms with Crippen molar-refractivity contribution in [1.29, 1.82) is 0 Å². The first-order valence-electron chi connectivity index (χ1n) is 3.26. The Balaban J connectivity index is 3.11. The van der Waals surface area contributed by atoms with Crippen molar-refractivity contribution in [3.05, 3.63) is 0 Å². The van der Waals surface area contributed by atoms with Gasteiger partial charge in [0.25, 0.3) is 0 Å². The van der Waals surface area contributed by atoms with Gasteiger partial charge in [0.15, 0.2) is 0 Å². The SMILES string of the molecule is CCCCC(C)(C)[S]. The molecule has 0 aliphatic heterocycles. The molecule has 0 aromatic heterocycles. The zero-order chi connectivity index (χ0) is 6.62. The maximum absolute atomic E-state index is 5.15. The van der Waals surface area contributed by atoms with Gasteiger partial charge in [0.05, 0.1) is 0 Å². The molecule has 0 saturated carbocycles. The molecule has 0 heterocycles. The predicted molar refractivity (Wildman–Crippen MR) is 41.2 cm³/mol. The minimum absolute atomic E-state index is 0.135. The van der Waals surface area contributed by atoms with Crippen LogP contribution < -0.4 is 0 Å². The topological polar surface area (TPSA) is 0 Å². The smallest absolute Gasteiger partial charge is 0.0207 e. The fraction of sp³-hybridized carbons (Fsp3) is 1.00. The van der Waals surface area contributed by atoms with E-state index in [1.165, 1.54) is 19.3 Å². The van der Waals surface area contributed by atoms with Crippen LogP contribution >= 0.6 is 12.6 Å². The first-order valence-corrected chi connectivity index (χ1v) is 3.67. The number of unbranched alkanes of at least 4 members (excludes halogenated alkanes) is 1. The Hall–Kier alpha value is 0.350. The van der Waals surface area contributed by atoms with E-state index >= 15 is 0 Å². The molecule has 1 heteroatoms. The molecule has 0 aromatic rings. The van der Waals surface area contributed by atoms with Crippen LogP contribution in [0.3, 0.4) is 0 Å². The van der Waals surface area contributed by atoms with Crippen LogP contribution in [0, 0.1) is 0 Å². The molecule has 0 atom stereocenters. The van der Waals surface area contributed by atoms with Gasteiger partial charge in [0.1, 0.15) is 0 Å². The lowest BCUT2D eigenvalue weighted by Gasteiger charge is -2.13. The van der Waals surface area contributed by atoms with E-state index in [4.69, 9.17) is 12.6 Å². The van der Waals surface area contributed by atoms with Crippen LogP contribution in [0.25, 0.3) is 0 Å². The molecule has 49 valence electrons. The molecule has 0 aliphatic rings. The summed E-state index contributed by atoms with van der Waals surface area (Å²) in [6.07, 6.45) is 3.72. The number of hydrogen-bond donors (Lipinski definition) is 0. The third-order valence-corrected chi connectivity index (χ3v) is 1.34. The van der Waals surface area contributed by atoms with Crippen LogP contribution in [0.5, 0.6) is 0 Å². The van der Waals surface area contributed by atoms with E-state index < -0.39 is 0 Å². The van der Waals surface area contributed by atoms with E-state index in [1.54, 1.807) is 0 Å². The van der Waals surface area contributed by atoms with Gasteiger partial charge in [-0.15, -0.1) is 0 Å². The molecule has 1 radical (unpaired) electrons. The lowest BCUT2D eigenvalue weighted by atomic mass is 10.1. The largest absolute Gasteiger partial charge is 0.0873 e. The summed E-state index contributed by atoms with van der Waals surface area (Å²) < 4.78 is 0.135. The second-order valence-electron chi connectivity index (χ2n) is 2.86. The molecular formula is C7H15S. The number of hydrogen-bond acceptors (Lipinski definition) is 0. The molecule has 0 rings (SSSR count). The highest BCUT2D eigenvalue weighted by atomic mass is 32.1. The minimum Gasteiger partial charge on any atom is -0.0873 e. The van der Waals surface area contributed by atoms with Gasteiger partial charge in [-0.1, -0.05) is 32.4 Å². The summed E-state index contributed by atoms with van der Waals surface area (Å²) in [7, 11) is 0. The Bertz CT molecular complexity index is 51.9. The third kappa shape index (κ3) is 6.35. The molecule has 0 aliphatic carbocycles. The summed E-state index contributed by atoms with van der Waals surface area (Å²) in [5.74, 6) is 0. The maximum Gasteiger partial charge on any atom is 0.0207 e. The maximum atomic E-state index is 5.15. The molecular weight excluding hydrogens is 116 g/mol. The van der Waals surface area contributed by atoms with Crippen LogP contribution in [0.15, 0.2) is 0 Å². The fourth-order valence-electron chi connectivity index (χ4n) is 0.602. The summed E-state index contributed by atoms with van der Waals surface area (Å²) in [6, 6.07) is 0. The van der Waals surface area contributed by atoms with Gasteiger partial charge < -0.3 is 0 Å². The molecule has 8 heavy (non-hydrogen) atoms. The van der Waals surface area contributed by atoms with Gasteiger partial charge in [-0.3, -0.25) is 0 Å². The zero-order valence-electron chi connectivity index (χ0n) is 6.03. The van der Waals surface area contributed by atoms with Gasteiger partial charge in [0.2, 0.25) is 0 Å². The van der Waals surface area contributed by atoms with Crippen molar-refractivity contribution in [2.75, 3.05) is 0 Å². The Morgan fingerprint density at radius 1 is 1.38 bits per heavy atom. The first-order chi connectivity index (χ1) is 3.56. The van der Waals surface area contributed by atoms with Gasteiger partial charge >= 0.3 is 0 Å². The van der Waals surface area contributed by atoms with Crippen LogP contribution in [0.4, 0.5) is 0 Å². The molecule has 0 saturated heterocycles. The Kier molecular flexibility index (Phi) is 3.54. The van der Waals surface area contributed by atoms with Gasteiger partial charge in [-0.05, 0) is 20.3 Å². The Morgan fingerprint density at radius 3 is 2.00 bits per heavy atom. The van der Waals surface area contributed by atoms with Crippen molar-refractivity contribution in [3.8, 4) is 0 Å². The highest BCUT2D eigenvalue weighted by Gasteiger charge is 2.09. The number of rotatable bonds is 3.